The van der Waals surface area contributed by atoms with E-state index in [4.69, 9.17) is 4.42 Å². The maximum absolute atomic E-state index is 13.0. The monoisotopic (exact) mass is 415 g/mol. The quantitative estimate of drug-likeness (QED) is 0.445. The molecule has 2 rings (SSSR count). The van der Waals surface area contributed by atoms with Gasteiger partial charge in [0.25, 0.3) is 11.8 Å². The smallest absolute Gasteiger partial charge is 0.259 e. The van der Waals surface area contributed by atoms with Crippen LogP contribution in [0.2, 0.25) is 0 Å². The lowest BCUT2D eigenvalue weighted by molar-refractivity contribution is -0.120. The maximum Gasteiger partial charge on any atom is 0.259 e. The van der Waals surface area contributed by atoms with E-state index in [0.717, 1.165) is 6.07 Å². The van der Waals surface area contributed by atoms with Crippen molar-refractivity contribution in [1.29, 1.82) is 0 Å². The molecule has 2 amide bonds. The Bertz CT molecular complexity index is 715. The van der Waals surface area contributed by atoms with E-state index in [9.17, 15) is 14.0 Å². The van der Waals surface area contributed by atoms with E-state index >= 15 is 0 Å². The first-order valence-electron chi connectivity index (χ1n) is 6.15. The number of furan rings is 1. The summed E-state index contributed by atoms with van der Waals surface area (Å²) in [5.41, 5.74) is 2.38. The second-order valence-corrected chi connectivity index (χ2v) is 5.19. The first-order valence-corrected chi connectivity index (χ1v) is 7.23. The number of hydrazone groups is 1. The Morgan fingerprint density at radius 2 is 2.14 bits per heavy atom. The fourth-order valence-corrected chi connectivity index (χ4v) is 1.93. The molecule has 0 saturated heterocycles. The number of nitrogens with one attached hydrogen (secondary N) is 2. The first-order chi connectivity index (χ1) is 10.5. The van der Waals surface area contributed by atoms with E-state index in [-0.39, 0.29) is 12.1 Å². The highest BCUT2D eigenvalue weighted by atomic mass is 127. The van der Waals surface area contributed by atoms with Crippen LogP contribution in [0.3, 0.4) is 0 Å². The molecule has 0 bridgehead atoms. The van der Waals surface area contributed by atoms with Gasteiger partial charge in [0.1, 0.15) is 11.6 Å². The Morgan fingerprint density at radius 3 is 2.82 bits per heavy atom. The van der Waals surface area contributed by atoms with E-state index < -0.39 is 17.6 Å². The van der Waals surface area contributed by atoms with E-state index in [1.54, 1.807) is 12.1 Å². The van der Waals surface area contributed by atoms with Gasteiger partial charge < -0.3 is 9.73 Å². The minimum Gasteiger partial charge on any atom is -0.449 e. The molecule has 0 spiro atoms. The van der Waals surface area contributed by atoms with Crippen LogP contribution >= 0.6 is 22.6 Å². The number of benzene rings is 1. The summed E-state index contributed by atoms with van der Waals surface area (Å²) in [5.74, 6) is -1.08. The minimum atomic E-state index is -0.542. The zero-order valence-corrected chi connectivity index (χ0v) is 13.3. The summed E-state index contributed by atoms with van der Waals surface area (Å²) in [6, 6.07) is 8.64. The normalized spacial score (nSPS) is 10.6. The summed E-state index contributed by atoms with van der Waals surface area (Å²) in [6.07, 6.45) is 1.34. The summed E-state index contributed by atoms with van der Waals surface area (Å²) in [7, 11) is 0. The highest BCUT2D eigenvalue weighted by Crippen LogP contribution is 2.07. The van der Waals surface area contributed by atoms with Gasteiger partial charge in [0.15, 0.2) is 3.77 Å². The molecule has 0 saturated carbocycles. The molecule has 0 aliphatic heterocycles. The van der Waals surface area contributed by atoms with Gasteiger partial charge in [-0.2, -0.15) is 5.10 Å². The predicted molar refractivity (Wildman–Crippen MR) is 85.9 cm³/mol. The maximum atomic E-state index is 13.0. The van der Waals surface area contributed by atoms with Crippen molar-refractivity contribution in [2.24, 2.45) is 5.10 Å². The molecule has 6 nitrogen and oxygen atoms in total. The summed E-state index contributed by atoms with van der Waals surface area (Å²) >= 11 is 2.00. The van der Waals surface area contributed by atoms with Gasteiger partial charge in [0.2, 0.25) is 0 Å². The molecule has 0 unspecified atom stereocenters. The molecule has 0 aliphatic carbocycles. The second-order valence-electron chi connectivity index (χ2n) is 4.13. The van der Waals surface area contributed by atoms with Gasteiger partial charge in [-0.1, -0.05) is 6.07 Å². The Labute approximate surface area is 138 Å². The van der Waals surface area contributed by atoms with Crippen LogP contribution < -0.4 is 10.7 Å². The molecule has 0 radical (unpaired) electrons. The zero-order chi connectivity index (χ0) is 15.9. The third-order valence-corrected chi connectivity index (χ3v) is 3.05. The number of halogens is 2. The van der Waals surface area contributed by atoms with Gasteiger partial charge in [0.05, 0.1) is 12.8 Å². The summed E-state index contributed by atoms with van der Waals surface area (Å²) < 4.78 is 18.9. The molecule has 1 aromatic heterocycles. The average Bonchev–Trinajstić information content (AvgIpc) is 2.90. The van der Waals surface area contributed by atoms with E-state index in [2.05, 4.69) is 15.8 Å². The Kier molecular flexibility index (Phi) is 5.64. The van der Waals surface area contributed by atoms with E-state index in [1.165, 1.54) is 24.4 Å². The predicted octanol–water partition coefficient (Wildman–Crippen LogP) is 1.90. The second kappa shape index (κ2) is 7.69. The van der Waals surface area contributed by atoms with Crippen LogP contribution in [0.25, 0.3) is 0 Å². The molecule has 1 aromatic carbocycles. The number of rotatable bonds is 5. The summed E-state index contributed by atoms with van der Waals surface area (Å²) in [4.78, 5) is 23.2. The van der Waals surface area contributed by atoms with Crippen molar-refractivity contribution in [3.8, 4) is 0 Å². The van der Waals surface area contributed by atoms with E-state index in [1.807, 2.05) is 22.6 Å². The van der Waals surface area contributed by atoms with Crippen molar-refractivity contribution in [2.45, 2.75) is 0 Å². The molecule has 0 aliphatic rings. The van der Waals surface area contributed by atoms with Gasteiger partial charge in [-0.15, -0.1) is 0 Å². The third kappa shape index (κ3) is 4.95. The standard InChI is InChI=1S/C14H11FIN3O3/c15-10-3-1-2-9(6-10)14(21)17-8-13(20)19-18-7-11-4-5-12(16)22-11/h1-7H,8H2,(H,17,21)(H,19,20)/b18-7-. The van der Waals surface area contributed by atoms with Crippen LogP contribution in [0.5, 0.6) is 0 Å². The lowest BCUT2D eigenvalue weighted by Gasteiger charge is -2.04. The lowest BCUT2D eigenvalue weighted by atomic mass is 10.2. The van der Waals surface area contributed by atoms with Crippen molar-refractivity contribution < 1.29 is 18.4 Å². The van der Waals surface area contributed by atoms with Crippen LogP contribution in [0, 0.1) is 9.58 Å². The van der Waals surface area contributed by atoms with Crippen LogP contribution in [0.4, 0.5) is 4.39 Å². The number of carbonyl (C=O) groups is 2. The fourth-order valence-electron chi connectivity index (χ4n) is 1.50. The molecule has 22 heavy (non-hydrogen) atoms. The molecule has 1 heterocycles. The summed E-state index contributed by atoms with van der Waals surface area (Å²) in [6.45, 7) is -0.275. The average molecular weight is 415 g/mol. The largest absolute Gasteiger partial charge is 0.449 e. The van der Waals surface area contributed by atoms with E-state index in [0.29, 0.717) is 9.53 Å². The van der Waals surface area contributed by atoms with Gasteiger partial charge in [0, 0.05) is 5.56 Å². The van der Waals surface area contributed by atoms with Crippen molar-refractivity contribution in [3.05, 3.63) is 57.3 Å². The van der Waals surface area contributed by atoms with Crippen molar-refractivity contribution in [3.63, 3.8) is 0 Å². The highest BCUT2D eigenvalue weighted by molar-refractivity contribution is 14.1. The van der Waals surface area contributed by atoms with Gasteiger partial charge >= 0.3 is 0 Å². The SMILES string of the molecule is O=C(CNC(=O)c1cccc(F)c1)N/N=C\c1ccc(I)o1. The number of hydrogen-bond acceptors (Lipinski definition) is 4. The Hall–Kier alpha value is -2.23. The summed E-state index contributed by atoms with van der Waals surface area (Å²) in [5, 5.41) is 6.05. The van der Waals surface area contributed by atoms with Crippen molar-refractivity contribution in [1.82, 2.24) is 10.7 Å². The molecular formula is C14H11FIN3O3. The van der Waals surface area contributed by atoms with Crippen LogP contribution in [-0.2, 0) is 4.79 Å². The first kappa shape index (κ1) is 16.1. The zero-order valence-electron chi connectivity index (χ0n) is 11.2. The van der Waals surface area contributed by atoms with Crippen molar-refractivity contribution in [2.75, 3.05) is 6.54 Å². The minimum absolute atomic E-state index is 0.140. The fraction of sp³-hybridized carbons (Fsp3) is 0.0714. The van der Waals surface area contributed by atoms with Crippen LogP contribution in [0.15, 0.2) is 45.9 Å². The van der Waals surface area contributed by atoms with Gasteiger partial charge in [-0.05, 0) is 52.9 Å². The number of nitrogens with zero attached hydrogens (tertiary/aromatic N) is 1. The number of carbonyl (C=O) groups excluding carboxylic acids is 2. The van der Waals surface area contributed by atoms with Crippen LogP contribution in [-0.4, -0.2) is 24.6 Å². The topological polar surface area (TPSA) is 83.7 Å². The lowest BCUT2D eigenvalue weighted by Crippen LogP contribution is -2.34. The Morgan fingerprint density at radius 1 is 1.32 bits per heavy atom. The molecule has 2 aromatic rings. The molecule has 2 N–H and O–H groups in total. The van der Waals surface area contributed by atoms with Crippen LogP contribution in [0.1, 0.15) is 16.1 Å². The molecule has 114 valence electrons. The van der Waals surface area contributed by atoms with Crippen molar-refractivity contribution >= 4 is 40.6 Å². The molecular weight excluding hydrogens is 404 g/mol. The van der Waals surface area contributed by atoms with Gasteiger partial charge in [-0.3, -0.25) is 9.59 Å². The number of hydrogen-bond donors (Lipinski definition) is 2. The molecule has 0 fully saturated rings. The molecule has 0 atom stereocenters. The number of amides is 2. The molecule has 8 heteroatoms. The highest BCUT2D eigenvalue weighted by Gasteiger charge is 2.08. The van der Waals surface area contributed by atoms with Gasteiger partial charge in [-0.25, -0.2) is 9.82 Å². The third-order valence-electron chi connectivity index (χ3n) is 2.47. The Balaban J connectivity index is 1.78.